The van der Waals surface area contributed by atoms with Gasteiger partial charge in [-0.2, -0.15) is 0 Å². The molecule has 1 unspecified atom stereocenters. The Labute approximate surface area is 214 Å². The lowest BCUT2D eigenvalue weighted by molar-refractivity contribution is -0.129. The molecule has 33 heavy (non-hydrogen) atoms. The number of carbonyl (C=O) groups excluding carboxylic acids is 1. The number of hydrogen-bond donors (Lipinski definition) is 2. The number of benzene rings is 1. The molecular formula is C23H37IN8O. The largest absolute Gasteiger partial charge is 0.375 e. The van der Waals surface area contributed by atoms with Crippen LogP contribution in [0.2, 0.25) is 0 Å². The van der Waals surface area contributed by atoms with E-state index in [-0.39, 0.29) is 35.9 Å². The fraction of sp³-hybridized carbons (Fsp3) is 0.565. The maximum Gasteiger partial charge on any atom is 0.222 e. The van der Waals surface area contributed by atoms with Crippen LogP contribution in [0.1, 0.15) is 37.8 Å². The van der Waals surface area contributed by atoms with Gasteiger partial charge in [-0.05, 0) is 31.9 Å². The molecule has 1 aromatic heterocycles. The van der Waals surface area contributed by atoms with Crippen molar-refractivity contribution < 1.29 is 4.79 Å². The van der Waals surface area contributed by atoms with E-state index < -0.39 is 0 Å². The fourth-order valence-corrected chi connectivity index (χ4v) is 3.75. The molecule has 1 aliphatic rings. The number of nitrogens with zero attached hydrogens (tertiary/aromatic N) is 6. The van der Waals surface area contributed by atoms with Gasteiger partial charge in [0, 0.05) is 58.4 Å². The minimum Gasteiger partial charge on any atom is -0.375 e. The van der Waals surface area contributed by atoms with E-state index in [0.29, 0.717) is 19.5 Å². The fourth-order valence-electron chi connectivity index (χ4n) is 3.75. The van der Waals surface area contributed by atoms with Crippen LogP contribution in [-0.2, 0) is 18.4 Å². The summed E-state index contributed by atoms with van der Waals surface area (Å²) in [6.07, 6.45) is 2.44. The second-order valence-corrected chi connectivity index (χ2v) is 8.25. The number of anilines is 1. The number of aromatic nitrogens is 3. The molecule has 1 aromatic carbocycles. The predicted molar refractivity (Wildman–Crippen MR) is 143 cm³/mol. The average Bonchev–Trinajstić information content (AvgIpc) is 3.41. The number of aryl methyl sites for hydroxylation is 1. The molecule has 1 aliphatic heterocycles. The van der Waals surface area contributed by atoms with Crippen molar-refractivity contribution in [1.29, 1.82) is 0 Å². The van der Waals surface area contributed by atoms with Crippen molar-refractivity contribution in [3.63, 3.8) is 0 Å². The maximum absolute atomic E-state index is 12.0. The second kappa shape index (κ2) is 13.4. The first-order chi connectivity index (χ1) is 15.5. The summed E-state index contributed by atoms with van der Waals surface area (Å²) in [6.45, 7) is 7.53. The van der Waals surface area contributed by atoms with Gasteiger partial charge in [-0.1, -0.05) is 25.1 Å². The first-order valence-electron chi connectivity index (χ1n) is 11.4. The van der Waals surface area contributed by atoms with Gasteiger partial charge in [0.05, 0.1) is 0 Å². The van der Waals surface area contributed by atoms with Gasteiger partial charge in [0.2, 0.25) is 5.91 Å². The van der Waals surface area contributed by atoms with Gasteiger partial charge >= 0.3 is 0 Å². The number of aliphatic imine (C=N–C) groups is 1. The molecule has 3 rings (SSSR count). The van der Waals surface area contributed by atoms with Crippen LogP contribution in [0.25, 0.3) is 0 Å². The molecule has 1 fully saturated rings. The Morgan fingerprint density at radius 3 is 2.70 bits per heavy atom. The first-order valence-corrected chi connectivity index (χ1v) is 11.4. The zero-order chi connectivity index (χ0) is 22.9. The van der Waals surface area contributed by atoms with Gasteiger partial charge in [-0.25, -0.2) is 4.99 Å². The highest BCUT2D eigenvalue weighted by Crippen LogP contribution is 2.12. The Kier molecular flexibility index (Phi) is 10.9. The molecular weight excluding hydrogens is 531 g/mol. The summed E-state index contributed by atoms with van der Waals surface area (Å²) in [5, 5.41) is 15.3. The van der Waals surface area contributed by atoms with Crippen LogP contribution in [0.5, 0.6) is 0 Å². The summed E-state index contributed by atoms with van der Waals surface area (Å²) in [6, 6.07) is 10.6. The van der Waals surface area contributed by atoms with Crippen LogP contribution in [0.4, 0.5) is 5.69 Å². The molecule has 2 aromatic rings. The van der Waals surface area contributed by atoms with E-state index >= 15 is 0 Å². The number of para-hydroxylation sites is 1. The minimum atomic E-state index is 0. The Hall–Kier alpha value is -2.37. The molecule has 0 saturated carbocycles. The number of rotatable bonds is 9. The third kappa shape index (κ3) is 7.86. The molecule has 0 spiro atoms. The molecule has 1 saturated heterocycles. The van der Waals surface area contributed by atoms with Crippen LogP contribution in [0, 0.1) is 6.92 Å². The van der Waals surface area contributed by atoms with E-state index in [1.807, 2.05) is 36.4 Å². The number of guanidine groups is 1. The Morgan fingerprint density at radius 2 is 2.03 bits per heavy atom. The van der Waals surface area contributed by atoms with Gasteiger partial charge in [-0.3, -0.25) is 4.79 Å². The van der Waals surface area contributed by atoms with E-state index in [2.05, 4.69) is 57.0 Å². The molecule has 2 N–H and O–H groups in total. The summed E-state index contributed by atoms with van der Waals surface area (Å²) in [4.78, 5) is 20.9. The smallest absolute Gasteiger partial charge is 0.222 e. The highest BCUT2D eigenvalue weighted by atomic mass is 127. The molecule has 9 nitrogen and oxygen atoms in total. The molecule has 1 amide bonds. The number of hydrogen-bond acceptors (Lipinski definition) is 5. The number of carbonyl (C=O) groups is 1. The minimum absolute atomic E-state index is 0. The van der Waals surface area contributed by atoms with E-state index in [4.69, 9.17) is 4.99 Å². The zero-order valence-corrected chi connectivity index (χ0v) is 22.5. The van der Waals surface area contributed by atoms with Crippen molar-refractivity contribution in [3.05, 3.63) is 42.0 Å². The van der Waals surface area contributed by atoms with Crippen LogP contribution in [0.3, 0.4) is 0 Å². The normalized spacial score (nSPS) is 15.8. The molecule has 0 radical (unpaired) electrons. The highest BCUT2D eigenvalue weighted by Gasteiger charge is 2.25. The van der Waals surface area contributed by atoms with Crippen LogP contribution < -0.4 is 15.5 Å². The lowest BCUT2D eigenvalue weighted by atomic mass is 10.2. The van der Waals surface area contributed by atoms with Gasteiger partial charge in [-0.15, -0.1) is 34.2 Å². The van der Waals surface area contributed by atoms with Crippen molar-refractivity contribution in [2.45, 2.75) is 45.7 Å². The zero-order valence-electron chi connectivity index (χ0n) is 20.1. The summed E-state index contributed by atoms with van der Waals surface area (Å²) in [7, 11) is 4.06. The van der Waals surface area contributed by atoms with Crippen LogP contribution >= 0.6 is 24.0 Å². The number of likely N-dealkylation sites (tertiary alicyclic amines) is 1. The Morgan fingerprint density at radius 1 is 1.27 bits per heavy atom. The van der Waals surface area contributed by atoms with E-state index in [1.54, 1.807) is 0 Å². The summed E-state index contributed by atoms with van der Waals surface area (Å²) in [5.41, 5.74) is 1.21. The Balaban J connectivity index is 0.00000385. The van der Waals surface area contributed by atoms with Crippen molar-refractivity contribution in [2.75, 3.05) is 38.1 Å². The van der Waals surface area contributed by atoms with Gasteiger partial charge in [0.25, 0.3) is 0 Å². The Bertz CT molecular complexity index is 901. The summed E-state index contributed by atoms with van der Waals surface area (Å²) < 4.78 is 1.95. The maximum atomic E-state index is 12.0. The average molecular weight is 569 g/mol. The van der Waals surface area contributed by atoms with Crippen molar-refractivity contribution in [2.24, 2.45) is 12.0 Å². The van der Waals surface area contributed by atoms with E-state index in [0.717, 1.165) is 50.1 Å². The SMILES string of the molecule is CCC(=O)N1CCC(NC(=NCc2nnc(C)n2C)NCCCN(C)c2ccccc2)C1.I. The van der Waals surface area contributed by atoms with Crippen molar-refractivity contribution >= 4 is 41.5 Å². The third-order valence-corrected chi connectivity index (χ3v) is 5.91. The number of nitrogens with one attached hydrogen (secondary N) is 2. The predicted octanol–water partition coefficient (Wildman–Crippen LogP) is 2.31. The topological polar surface area (TPSA) is 90.7 Å². The van der Waals surface area contributed by atoms with E-state index in [1.165, 1.54) is 5.69 Å². The lowest BCUT2D eigenvalue weighted by Crippen LogP contribution is -2.45. The molecule has 10 heteroatoms. The van der Waals surface area contributed by atoms with Crippen LogP contribution in [0.15, 0.2) is 35.3 Å². The lowest BCUT2D eigenvalue weighted by Gasteiger charge is -2.21. The van der Waals surface area contributed by atoms with Crippen molar-refractivity contribution in [1.82, 2.24) is 30.3 Å². The quantitative estimate of drug-likeness (QED) is 0.209. The number of amides is 1. The first kappa shape index (κ1) is 26.9. The van der Waals surface area contributed by atoms with E-state index in [9.17, 15) is 4.79 Å². The third-order valence-electron chi connectivity index (χ3n) is 5.91. The molecule has 2 heterocycles. The highest BCUT2D eigenvalue weighted by molar-refractivity contribution is 14.0. The van der Waals surface area contributed by atoms with Gasteiger partial charge in [0.15, 0.2) is 11.8 Å². The second-order valence-electron chi connectivity index (χ2n) is 8.25. The molecule has 0 aliphatic carbocycles. The molecule has 182 valence electrons. The standard InChI is InChI=1S/C23H36N8O.HI/c1-5-22(32)31-15-12-19(17-31)26-23(25-16-21-28-27-18(2)30(21)4)24-13-9-14-29(3)20-10-7-6-8-11-20;/h6-8,10-11,19H,5,9,12-17H2,1-4H3,(H2,24,25,26);1H. The van der Waals surface area contributed by atoms with Gasteiger partial charge in [0.1, 0.15) is 12.4 Å². The summed E-state index contributed by atoms with van der Waals surface area (Å²) in [5.74, 6) is 2.65. The molecule has 1 atom stereocenters. The van der Waals surface area contributed by atoms with Gasteiger partial charge < -0.3 is 25.0 Å². The van der Waals surface area contributed by atoms with Crippen molar-refractivity contribution in [3.8, 4) is 0 Å². The molecule has 0 bridgehead atoms. The summed E-state index contributed by atoms with van der Waals surface area (Å²) >= 11 is 0. The van der Waals surface area contributed by atoms with Crippen LogP contribution in [-0.4, -0.2) is 70.8 Å². The number of halogens is 1. The monoisotopic (exact) mass is 568 g/mol.